The zero-order valence-electron chi connectivity index (χ0n) is 12.6. The molecule has 0 aromatic rings. The highest BCUT2D eigenvalue weighted by atomic mass is 16.5. The van der Waals surface area contributed by atoms with Crippen LogP contribution in [0.2, 0.25) is 0 Å². The van der Waals surface area contributed by atoms with Crippen molar-refractivity contribution in [1.82, 2.24) is 10.2 Å². The first-order valence-corrected chi connectivity index (χ1v) is 6.82. The third kappa shape index (κ3) is 7.96. The molecule has 118 valence electrons. The van der Waals surface area contributed by atoms with Gasteiger partial charge in [-0.25, -0.2) is 9.59 Å². The Kier molecular flexibility index (Phi) is 10.7. The predicted molar refractivity (Wildman–Crippen MR) is 74.8 cm³/mol. The zero-order chi connectivity index (χ0) is 15.4. The maximum atomic E-state index is 12.1. The van der Waals surface area contributed by atoms with Gasteiger partial charge in [0.05, 0.1) is 6.61 Å². The summed E-state index contributed by atoms with van der Waals surface area (Å²) in [6, 6.07) is -1.22. The molecule has 0 rings (SSSR count). The average Bonchev–Trinajstić information content (AvgIpc) is 2.41. The van der Waals surface area contributed by atoms with Gasteiger partial charge in [-0.1, -0.05) is 13.3 Å². The molecule has 0 unspecified atom stereocenters. The van der Waals surface area contributed by atoms with Crippen LogP contribution in [0.1, 0.15) is 26.2 Å². The summed E-state index contributed by atoms with van der Waals surface area (Å²) in [5, 5.41) is 11.6. The third-order valence-corrected chi connectivity index (χ3v) is 2.80. The second kappa shape index (κ2) is 11.5. The van der Waals surface area contributed by atoms with Gasteiger partial charge in [-0.2, -0.15) is 0 Å². The molecule has 0 spiro atoms. The summed E-state index contributed by atoms with van der Waals surface area (Å²) in [6.07, 6.45) is 1.80. The lowest BCUT2D eigenvalue weighted by atomic mass is 10.2. The Morgan fingerprint density at radius 2 is 1.85 bits per heavy atom. The molecule has 7 heteroatoms. The molecule has 0 radical (unpaired) electrons. The van der Waals surface area contributed by atoms with E-state index in [4.69, 9.17) is 14.6 Å². The summed E-state index contributed by atoms with van der Waals surface area (Å²) in [6.45, 7) is 3.76. The van der Waals surface area contributed by atoms with Crippen molar-refractivity contribution in [3.8, 4) is 0 Å². The van der Waals surface area contributed by atoms with Crippen LogP contribution in [-0.4, -0.2) is 68.6 Å². The van der Waals surface area contributed by atoms with E-state index in [-0.39, 0.29) is 6.03 Å². The van der Waals surface area contributed by atoms with E-state index < -0.39 is 12.0 Å². The van der Waals surface area contributed by atoms with Crippen molar-refractivity contribution >= 4 is 12.0 Å². The Morgan fingerprint density at radius 3 is 2.35 bits per heavy atom. The maximum absolute atomic E-state index is 12.1. The van der Waals surface area contributed by atoms with Crippen molar-refractivity contribution in [1.29, 1.82) is 0 Å². The van der Waals surface area contributed by atoms with Gasteiger partial charge in [-0.05, 0) is 12.8 Å². The maximum Gasteiger partial charge on any atom is 0.326 e. The molecule has 0 fully saturated rings. The predicted octanol–water partition coefficient (Wildman–Crippen LogP) is 0.934. The zero-order valence-corrected chi connectivity index (χ0v) is 12.6. The Hall–Kier alpha value is -1.34. The van der Waals surface area contributed by atoms with Gasteiger partial charge in [-0.15, -0.1) is 0 Å². The number of methoxy groups -OCH3 is 2. The van der Waals surface area contributed by atoms with Crippen LogP contribution in [0.5, 0.6) is 0 Å². The standard InChI is InChI=1S/C13H26N2O5/c1-4-6-11(12(16)17)14-13(18)15(8-10-20-3)7-5-9-19-2/h11H,4-10H2,1-3H3,(H,14,18)(H,16,17)/t11-/m1/s1. The topological polar surface area (TPSA) is 88.1 Å². The quantitative estimate of drug-likeness (QED) is 0.553. The van der Waals surface area contributed by atoms with Gasteiger partial charge in [0.2, 0.25) is 0 Å². The minimum atomic E-state index is -1.01. The summed E-state index contributed by atoms with van der Waals surface area (Å²) in [5.41, 5.74) is 0. The van der Waals surface area contributed by atoms with E-state index in [0.29, 0.717) is 45.6 Å². The number of aliphatic carboxylic acids is 1. The lowest BCUT2D eigenvalue weighted by Gasteiger charge is -2.24. The average molecular weight is 290 g/mol. The second-order valence-electron chi connectivity index (χ2n) is 4.46. The number of carboxylic acids is 1. The van der Waals surface area contributed by atoms with E-state index in [0.717, 1.165) is 0 Å². The minimum absolute atomic E-state index is 0.376. The van der Waals surface area contributed by atoms with Gasteiger partial charge < -0.3 is 24.8 Å². The van der Waals surface area contributed by atoms with Crippen molar-refractivity contribution in [3.05, 3.63) is 0 Å². The highest BCUT2D eigenvalue weighted by Gasteiger charge is 2.22. The van der Waals surface area contributed by atoms with Crippen LogP contribution in [0.4, 0.5) is 4.79 Å². The summed E-state index contributed by atoms with van der Waals surface area (Å²) in [4.78, 5) is 24.7. The summed E-state index contributed by atoms with van der Waals surface area (Å²) in [5.74, 6) is -1.01. The van der Waals surface area contributed by atoms with Crippen molar-refractivity contribution in [3.63, 3.8) is 0 Å². The number of nitrogens with one attached hydrogen (secondary N) is 1. The smallest absolute Gasteiger partial charge is 0.326 e. The van der Waals surface area contributed by atoms with Crippen LogP contribution >= 0.6 is 0 Å². The number of carboxylic acid groups (broad SMARTS) is 1. The molecule has 2 amide bonds. The molecule has 0 aromatic carbocycles. The van der Waals surface area contributed by atoms with Gasteiger partial charge in [0, 0.05) is 33.9 Å². The number of urea groups is 1. The van der Waals surface area contributed by atoms with Crippen LogP contribution in [0.25, 0.3) is 0 Å². The fourth-order valence-corrected chi connectivity index (χ4v) is 1.70. The van der Waals surface area contributed by atoms with E-state index in [1.165, 1.54) is 0 Å². The largest absolute Gasteiger partial charge is 0.480 e. The van der Waals surface area contributed by atoms with E-state index in [2.05, 4.69) is 5.32 Å². The molecule has 1 atom stereocenters. The molecule has 0 heterocycles. The van der Waals surface area contributed by atoms with Gasteiger partial charge in [0.25, 0.3) is 0 Å². The number of hydrogen-bond acceptors (Lipinski definition) is 4. The molecule has 0 aromatic heterocycles. The summed E-state index contributed by atoms with van der Waals surface area (Å²) < 4.78 is 9.91. The molecular formula is C13H26N2O5. The molecule has 0 saturated carbocycles. The van der Waals surface area contributed by atoms with Crippen molar-refractivity contribution in [2.24, 2.45) is 0 Å². The highest BCUT2D eigenvalue weighted by Crippen LogP contribution is 2.00. The molecule has 20 heavy (non-hydrogen) atoms. The van der Waals surface area contributed by atoms with Crippen molar-refractivity contribution in [2.45, 2.75) is 32.2 Å². The van der Waals surface area contributed by atoms with E-state index in [9.17, 15) is 9.59 Å². The number of amides is 2. The van der Waals surface area contributed by atoms with Crippen LogP contribution in [0, 0.1) is 0 Å². The SMILES string of the molecule is CCC[C@@H](NC(=O)N(CCCOC)CCOC)C(=O)O. The molecule has 2 N–H and O–H groups in total. The normalized spacial score (nSPS) is 11.9. The van der Waals surface area contributed by atoms with Crippen LogP contribution in [-0.2, 0) is 14.3 Å². The Balaban J connectivity index is 4.45. The number of carbonyl (C=O) groups is 2. The highest BCUT2D eigenvalue weighted by molar-refractivity contribution is 5.82. The molecule has 7 nitrogen and oxygen atoms in total. The van der Waals surface area contributed by atoms with E-state index >= 15 is 0 Å². The van der Waals surface area contributed by atoms with Crippen LogP contribution in [0.3, 0.4) is 0 Å². The molecule has 0 aliphatic carbocycles. The van der Waals surface area contributed by atoms with Gasteiger partial charge in [-0.3, -0.25) is 0 Å². The second-order valence-corrected chi connectivity index (χ2v) is 4.46. The number of nitrogens with zero attached hydrogens (tertiary/aromatic N) is 1. The molecular weight excluding hydrogens is 264 g/mol. The minimum Gasteiger partial charge on any atom is -0.480 e. The fraction of sp³-hybridized carbons (Fsp3) is 0.846. The first-order chi connectivity index (χ1) is 9.56. The lowest BCUT2D eigenvalue weighted by Crippen LogP contribution is -2.49. The monoisotopic (exact) mass is 290 g/mol. The molecule has 0 aliphatic rings. The van der Waals surface area contributed by atoms with Gasteiger partial charge in [0.1, 0.15) is 6.04 Å². The van der Waals surface area contributed by atoms with Crippen LogP contribution in [0.15, 0.2) is 0 Å². The van der Waals surface area contributed by atoms with Crippen molar-refractivity contribution < 1.29 is 24.2 Å². The first-order valence-electron chi connectivity index (χ1n) is 6.82. The number of hydrogen-bond donors (Lipinski definition) is 2. The van der Waals surface area contributed by atoms with Gasteiger partial charge in [0.15, 0.2) is 0 Å². The van der Waals surface area contributed by atoms with Gasteiger partial charge >= 0.3 is 12.0 Å². The summed E-state index contributed by atoms with van der Waals surface area (Å²) in [7, 11) is 3.16. The summed E-state index contributed by atoms with van der Waals surface area (Å²) >= 11 is 0. The lowest BCUT2D eigenvalue weighted by molar-refractivity contribution is -0.139. The first kappa shape index (κ1) is 18.7. The van der Waals surface area contributed by atoms with E-state index in [1.807, 2.05) is 6.92 Å². The molecule has 0 bridgehead atoms. The fourth-order valence-electron chi connectivity index (χ4n) is 1.70. The Labute approximate surface area is 120 Å². The Morgan fingerprint density at radius 1 is 1.20 bits per heavy atom. The van der Waals surface area contributed by atoms with E-state index in [1.54, 1.807) is 19.1 Å². The van der Waals surface area contributed by atoms with Crippen LogP contribution < -0.4 is 5.32 Å². The Bertz CT molecular complexity index is 286. The number of rotatable bonds is 11. The third-order valence-electron chi connectivity index (χ3n) is 2.80. The number of ether oxygens (including phenoxy) is 2. The molecule has 0 aliphatic heterocycles. The number of carbonyl (C=O) groups excluding carboxylic acids is 1. The van der Waals surface area contributed by atoms with Crippen molar-refractivity contribution in [2.75, 3.05) is 40.5 Å². The molecule has 0 saturated heterocycles.